The van der Waals surface area contributed by atoms with E-state index in [0.29, 0.717) is 0 Å². The number of carboxylic acid groups (broad SMARTS) is 1. The van der Waals surface area contributed by atoms with E-state index in [1.807, 2.05) is 0 Å². The third-order valence-corrected chi connectivity index (χ3v) is 2.26. The number of nitrogens with zero attached hydrogens (tertiary/aromatic N) is 1. The molecule has 0 radical (unpaired) electrons. The van der Waals surface area contributed by atoms with Crippen molar-refractivity contribution in [2.24, 2.45) is 0 Å². The lowest BCUT2D eigenvalue weighted by Gasteiger charge is -2.18. The molecular weight excluding hydrogens is 202 g/mol. The van der Waals surface area contributed by atoms with E-state index in [4.69, 9.17) is 5.11 Å². The fourth-order valence-electron chi connectivity index (χ4n) is 1.56. The number of ketones is 1. The number of hydrogen-bond donors (Lipinski definition) is 1. The van der Waals surface area contributed by atoms with E-state index in [1.165, 1.54) is 0 Å². The predicted octanol–water partition coefficient (Wildman–Crippen LogP) is 0.261. The minimum absolute atomic E-state index is 0.165. The molecule has 0 saturated carbocycles. The summed E-state index contributed by atoms with van der Waals surface area (Å²) in [6.07, 6.45) is -1.18. The van der Waals surface area contributed by atoms with Crippen molar-refractivity contribution in [2.45, 2.75) is 25.8 Å². The van der Waals surface area contributed by atoms with Gasteiger partial charge < -0.3 is 9.84 Å². The first-order chi connectivity index (χ1) is 7.06. The Labute approximate surface area is 86.8 Å². The van der Waals surface area contributed by atoms with Crippen LogP contribution in [0.5, 0.6) is 0 Å². The van der Waals surface area contributed by atoms with E-state index in [0.717, 1.165) is 4.90 Å². The van der Waals surface area contributed by atoms with E-state index in [1.54, 1.807) is 6.92 Å². The number of carbonyl (C=O) groups excluding carboxylic acids is 2. The van der Waals surface area contributed by atoms with Gasteiger partial charge in [-0.3, -0.25) is 14.5 Å². The highest BCUT2D eigenvalue weighted by Gasteiger charge is 2.37. The van der Waals surface area contributed by atoms with Crippen molar-refractivity contribution < 1.29 is 24.2 Å². The summed E-state index contributed by atoms with van der Waals surface area (Å²) >= 11 is 0. The second kappa shape index (κ2) is 4.77. The van der Waals surface area contributed by atoms with E-state index in [2.05, 4.69) is 4.74 Å². The Balaban J connectivity index is 2.60. The zero-order valence-corrected chi connectivity index (χ0v) is 8.43. The van der Waals surface area contributed by atoms with Gasteiger partial charge in [-0.05, 0) is 6.92 Å². The van der Waals surface area contributed by atoms with Crippen LogP contribution in [-0.2, 0) is 14.3 Å². The summed E-state index contributed by atoms with van der Waals surface area (Å²) in [5, 5.41) is 8.77. The van der Waals surface area contributed by atoms with Crippen molar-refractivity contribution in [2.75, 3.05) is 13.2 Å². The van der Waals surface area contributed by atoms with Crippen LogP contribution in [0.3, 0.4) is 0 Å². The summed E-state index contributed by atoms with van der Waals surface area (Å²) in [6.45, 7) is 2.05. The van der Waals surface area contributed by atoms with Gasteiger partial charge in [0, 0.05) is 13.0 Å². The standard InChI is InChI=1S/C9H13NO5/c1-2-15-8(12)5-6-7(11)3-4-10(6)9(13)14/h6H,2-5H2,1H3,(H,13,14). The van der Waals surface area contributed by atoms with Crippen molar-refractivity contribution >= 4 is 17.8 Å². The molecule has 0 aromatic heterocycles. The Hall–Kier alpha value is -1.59. The van der Waals surface area contributed by atoms with Gasteiger partial charge in [0.2, 0.25) is 0 Å². The quantitative estimate of drug-likeness (QED) is 0.683. The normalized spacial score (nSPS) is 20.5. The molecule has 0 aliphatic carbocycles. The summed E-state index contributed by atoms with van der Waals surface area (Å²) in [5.41, 5.74) is 0. The number of carbonyl (C=O) groups is 3. The molecule has 1 heterocycles. The molecule has 1 saturated heterocycles. The molecule has 0 aromatic carbocycles. The van der Waals surface area contributed by atoms with Crippen molar-refractivity contribution in [3.63, 3.8) is 0 Å². The first-order valence-electron chi connectivity index (χ1n) is 4.74. The summed E-state index contributed by atoms with van der Waals surface area (Å²) in [4.78, 5) is 34.1. The van der Waals surface area contributed by atoms with E-state index < -0.39 is 18.1 Å². The molecule has 15 heavy (non-hydrogen) atoms. The first kappa shape index (κ1) is 11.5. The highest BCUT2D eigenvalue weighted by atomic mass is 16.5. The Kier molecular flexibility index (Phi) is 3.65. The third-order valence-electron chi connectivity index (χ3n) is 2.26. The second-order valence-corrected chi connectivity index (χ2v) is 3.22. The van der Waals surface area contributed by atoms with Gasteiger partial charge >= 0.3 is 12.1 Å². The maximum Gasteiger partial charge on any atom is 0.407 e. The Morgan fingerprint density at radius 3 is 2.80 bits per heavy atom. The molecule has 84 valence electrons. The van der Waals surface area contributed by atoms with Gasteiger partial charge in [-0.25, -0.2) is 4.79 Å². The minimum atomic E-state index is -1.17. The van der Waals surface area contributed by atoms with Crippen LogP contribution in [0.4, 0.5) is 4.79 Å². The second-order valence-electron chi connectivity index (χ2n) is 3.22. The van der Waals surface area contributed by atoms with Crippen molar-refractivity contribution in [1.29, 1.82) is 0 Å². The lowest BCUT2D eigenvalue weighted by Crippen LogP contribution is -2.38. The smallest absolute Gasteiger partial charge is 0.407 e. The van der Waals surface area contributed by atoms with Crippen LogP contribution < -0.4 is 0 Å². The zero-order valence-electron chi connectivity index (χ0n) is 8.43. The van der Waals surface area contributed by atoms with Crippen molar-refractivity contribution in [3.8, 4) is 0 Å². The number of hydrogen-bond acceptors (Lipinski definition) is 4. The van der Waals surface area contributed by atoms with Gasteiger partial charge in [0.25, 0.3) is 0 Å². The third kappa shape index (κ3) is 2.68. The molecule has 1 rings (SSSR count). The maximum absolute atomic E-state index is 11.3. The number of Topliss-reactive ketones (excluding diaryl/α,β-unsaturated/α-hetero) is 1. The van der Waals surface area contributed by atoms with E-state index in [-0.39, 0.29) is 31.8 Å². The van der Waals surface area contributed by atoms with Gasteiger partial charge in [0.15, 0.2) is 5.78 Å². The molecule has 1 aliphatic heterocycles. The largest absolute Gasteiger partial charge is 0.466 e. The number of rotatable bonds is 3. The Morgan fingerprint density at radius 2 is 2.27 bits per heavy atom. The molecule has 0 aromatic rings. The van der Waals surface area contributed by atoms with Gasteiger partial charge in [0.05, 0.1) is 13.0 Å². The SMILES string of the molecule is CCOC(=O)CC1C(=O)CCN1C(=O)O. The number of amides is 1. The average molecular weight is 215 g/mol. The molecule has 1 amide bonds. The van der Waals surface area contributed by atoms with Gasteiger partial charge in [0.1, 0.15) is 6.04 Å². The molecule has 1 N–H and O–H groups in total. The van der Waals surface area contributed by atoms with Gasteiger partial charge in [-0.1, -0.05) is 0 Å². The summed E-state index contributed by atoms with van der Waals surface area (Å²) < 4.78 is 4.67. The van der Waals surface area contributed by atoms with E-state index >= 15 is 0 Å². The molecular formula is C9H13NO5. The number of ether oxygens (including phenoxy) is 1. The highest BCUT2D eigenvalue weighted by molar-refractivity contribution is 5.93. The minimum Gasteiger partial charge on any atom is -0.466 e. The summed E-state index contributed by atoms with van der Waals surface area (Å²) in [5.74, 6) is -0.755. The first-order valence-corrected chi connectivity index (χ1v) is 4.74. The fourth-order valence-corrected chi connectivity index (χ4v) is 1.56. The summed E-state index contributed by atoms with van der Waals surface area (Å²) in [6, 6.07) is -0.860. The molecule has 6 nitrogen and oxygen atoms in total. The molecule has 1 atom stereocenters. The lowest BCUT2D eigenvalue weighted by molar-refractivity contribution is -0.145. The number of likely N-dealkylation sites (tertiary alicyclic amines) is 1. The van der Waals surface area contributed by atoms with Gasteiger partial charge in [-0.15, -0.1) is 0 Å². The van der Waals surface area contributed by atoms with Crippen LogP contribution in [0.2, 0.25) is 0 Å². The lowest BCUT2D eigenvalue weighted by atomic mass is 10.1. The average Bonchev–Trinajstić information content (AvgIpc) is 2.48. The zero-order chi connectivity index (χ0) is 11.4. The van der Waals surface area contributed by atoms with Crippen LogP contribution in [-0.4, -0.2) is 47.0 Å². The van der Waals surface area contributed by atoms with Crippen molar-refractivity contribution in [3.05, 3.63) is 0 Å². The van der Waals surface area contributed by atoms with Crippen LogP contribution in [0.25, 0.3) is 0 Å². The monoisotopic (exact) mass is 215 g/mol. The van der Waals surface area contributed by atoms with Crippen LogP contribution in [0.1, 0.15) is 19.8 Å². The summed E-state index contributed by atoms with van der Waals surface area (Å²) in [7, 11) is 0. The molecule has 1 aliphatic rings. The van der Waals surface area contributed by atoms with E-state index in [9.17, 15) is 14.4 Å². The molecule has 0 bridgehead atoms. The Bertz CT molecular complexity index is 288. The van der Waals surface area contributed by atoms with Crippen molar-refractivity contribution in [1.82, 2.24) is 4.90 Å². The van der Waals surface area contributed by atoms with Crippen LogP contribution >= 0.6 is 0 Å². The fraction of sp³-hybridized carbons (Fsp3) is 0.667. The number of esters is 1. The maximum atomic E-state index is 11.3. The molecule has 6 heteroatoms. The van der Waals surface area contributed by atoms with Crippen LogP contribution in [0, 0.1) is 0 Å². The predicted molar refractivity (Wildman–Crippen MR) is 49.4 cm³/mol. The Morgan fingerprint density at radius 1 is 1.60 bits per heavy atom. The van der Waals surface area contributed by atoms with Gasteiger partial charge in [-0.2, -0.15) is 0 Å². The highest BCUT2D eigenvalue weighted by Crippen LogP contribution is 2.17. The van der Waals surface area contributed by atoms with Crippen LogP contribution in [0.15, 0.2) is 0 Å². The molecule has 1 unspecified atom stereocenters. The molecule has 1 fully saturated rings. The topological polar surface area (TPSA) is 83.9 Å². The molecule has 0 spiro atoms.